The Hall–Kier alpha value is -4.33. The molecule has 38 heavy (non-hydrogen) atoms. The number of allylic oxidation sites excluding steroid dienone is 1. The minimum Gasteiger partial charge on any atom is -0.497 e. The number of aromatic nitrogens is 2. The number of hydrogen-bond donors (Lipinski definition) is 2. The van der Waals surface area contributed by atoms with Gasteiger partial charge in [0.15, 0.2) is 0 Å². The number of aliphatic hydroxyl groups excluding tert-OH is 1. The Morgan fingerprint density at radius 1 is 1.08 bits per heavy atom. The number of benzene rings is 2. The van der Waals surface area contributed by atoms with E-state index in [0.717, 1.165) is 48.9 Å². The Morgan fingerprint density at radius 2 is 1.82 bits per heavy atom. The molecule has 196 valence electrons. The zero-order valence-electron chi connectivity index (χ0n) is 21.4. The van der Waals surface area contributed by atoms with Crippen LogP contribution in [0.1, 0.15) is 22.9 Å². The van der Waals surface area contributed by atoms with E-state index in [-0.39, 0.29) is 18.4 Å². The second-order valence-corrected chi connectivity index (χ2v) is 9.16. The Bertz CT molecular complexity index is 1380. The quantitative estimate of drug-likeness (QED) is 0.485. The second-order valence-electron chi connectivity index (χ2n) is 9.16. The fourth-order valence-corrected chi connectivity index (χ4v) is 4.84. The molecule has 10 nitrogen and oxygen atoms in total. The molecule has 3 N–H and O–H groups in total. The summed E-state index contributed by atoms with van der Waals surface area (Å²) in [5.74, 6) is 3.30. The van der Waals surface area contributed by atoms with E-state index >= 15 is 0 Å². The number of β-amino-alcohol motifs (C(OH)–C–C–N with tert-alkyl or cyclic N) is 1. The molecule has 0 saturated carbocycles. The summed E-state index contributed by atoms with van der Waals surface area (Å²) in [6.07, 6.45) is 0. The SMILES string of the molecule is COc1ccc(C2C(C#N)=C(N)Oc3cc(Oc4cc(N5CCN(CCO)CC5)nc(C)n4)ccc32)cc1. The van der Waals surface area contributed by atoms with Crippen LogP contribution in [0.3, 0.4) is 0 Å². The second kappa shape index (κ2) is 11.0. The molecule has 1 aromatic heterocycles. The lowest BCUT2D eigenvalue weighted by molar-refractivity contribution is 0.188. The lowest BCUT2D eigenvalue weighted by atomic mass is 9.83. The van der Waals surface area contributed by atoms with E-state index in [9.17, 15) is 10.4 Å². The minimum atomic E-state index is -0.374. The van der Waals surface area contributed by atoms with Crippen LogP contribution in [0.4, 0.5) is 5.82 Å². The molecule has 0 radical (unpaired) electrons. The molecule has 2 aromatic carbocycles. The van der Waals surface area contributed by atoms with Crippen LogP contribution in [0.25, 0.3) is 0 Å². The van der Waals surface area contributed by atoms with Crippen molar-refractivity contribution in [1.29, 1.82) is 5.26 Å². The van der Waals surface area contributed by atoms with Gasteiger partial charge in [-0.25, -0.2) is 4.98 Å². The maximum absolute atomic E-state index is 9.82. The van der Waals surface area contributed by atoms with E-state index in [1.165, 1.54) is 0 Å². The first-order valence-corrected chi connectivity index (χ1v) is 12.5. The molecule has 0 aliphatic carbocycles. The molecule has 2 aliphatic heterocycles. The fraction of sp³-hybridized carbons (Fsp3) is 0.321. The average molecular weight is 515 g/mol. The van der Waals surface area contributed by atoms with Crippen LogP contribution in [0.15, 0.2) is 60.0 Å². The molecule has 0 amide bonds. The van der Waals surface area contributed by atoms with Gasteiger partial charge >= 0.3 is 0 Å². The summed E-state index contributed by atoms with van der Waals surface area (Å²) < 4.78 is 17.3. The van der Waals surface area contributed by atoms with E-state index in [0.29, 0.717) is 35.3 Å². The molecule has 5 rings (SSSR count). The highest BCUT2D eigenvalue weighted by Gasteiger charge is 2.31. The van der Waals surface area contributed by atoms with Crippen molar-refractivity contribution in [2.75, 3.05) is 51.3 Å². The van der Waals surface area contributed by atoms with Crippen molar-refractivity contribution >= 4 is 5.82 Å². The first-order valence-electron chi connectivity index (χ1n) is 12.5. The topological polar surface area (TPSA) is 130 Å². The lowest BCUT2D eigenvalue weighted by Gasteiger charge is -2.35. The van der Waals surface area contributed by atoms with Gasteiger partial charge in [-0.3, -0.25) is 4.90 Å². The number of piperazine rings is 1. The van der Waals surface area contributed by atoms with Crippen molar-refractivity contribution in [3.8, 4) is 29.2 Å². The van der Waals surface area contributed by atoms with Gasteiger partial charge in [0.2, 0.25) is 11.8 Å². The smallest absolute Gasteiger partial charge is 0.224 e. The molecule has 2 aliphatic rings. The van der Waals surface area contributed by atoms with Gasteiger partial charge < -0.3 is 30.0 Å². The molecule has 1 saturated heterocycles. The van der Waals surface area contributed by atoms with Crippen molar-refractivity contribution in [2.24, 2.45) is 5.73 Å². The zero-order valence-corrected chi connectivity index (χ0v) is 21.4. The standard InChI is InChI=1S/C28H30N6O4/c1-18-31-25(34-11-9-33(10-12-34)13-14-35)16-26(32-18)37-21-7-8-22-24(15-21)38-28(30)23(17-29)27(22)19-3-5-20(36-2)6-4-19/h3-8,15-16,27,35H,9-14,30H2,1-2H3. The number of aliphatic hydroxyl groups is 1. The number of hydrogen-bond acceptors (Lipinski definition) is 10. The number of fused-ring (bicyclic) bond motifs is 1. The summed E-state index contributed by atoms with van der Waals surface area (Å²) in [5.41, 5.74) is 8.24. The Labute approximate surface area is 221 Å². The number of nitrogens with zero attached hydrogens (tertiary/aromatic N) is 5. The van der Waals surface area contributed by atoms with E-state index in [2.05, 4.69) is 25.8 Å². The first kappa shape index (κ1) is 25.3. The van der Waals surface area contributed by atoms with Crippen LogP contribution < -0.4 is 24.8 Å². The van der Waals surface area contributed by atoms with Gasteiger partial charge in [-0.2, -0.15) is 10.2 Å². The summed E-state index contributed by atoms with van der Waals surface area (Å²) in [6.45, 7) is 6.01. The highest BCUT2D eigenvalue weighted by atomic mass is 16.5. The lowest BCUT2D eigenvalue weighted by Crippen LogP contribution is -2.47. The molecule has 1 atom stereocenters. The zero-order chi connectivity index (χ0) is 26.6. The van der Waals surface area contributed by atoms with Crippen molar-refractivity contribution in [2.45, 2.75) is 12.8 Å². The highest BCUT2D eigenvalue weighted by molar-refractivity contribution is 5.58. The maximum atomic E-state index is 9.82. The van der Waals surface area contributed by atoms with Gasteiger partial charge in [-0.05, 0) is 30.7 Å². The number of aryl methyl sites for hydroxylation is 1. The van der Waals surface area contributed by atoms with Gasteiger partial charge in [-0.15, -0.1) is 0 Å². The Balaban J connectivity index is 1.39. The summed E-state index contributed by atoms with van der Waals surface area (Å²) >= 11 is 0. The molecular weight excluding hydrogens is 484 g/mol. The number of anilines is 1. The highest BCUT2D eigenvalue weighted by Crippen LogP contribution is 2.44. The molecular formula is C28H30N6O4. The molecule has 1 fully saturated rings. The molecule has 0 bridgehead atoms. The molecule has 1 unspecified atom stereocenters. The average Bonchev–Trinajstić information content (AvgIpc) is 2.92. The van der Waals surface area contributed by atoms with Crippen LogP contribution in [0, 0.1) is 18.3 Å². The van der Waals surface area contributed by atoms with E-state index in [4.69, 9.17) is 19.9 Å². The molecule has 0 spiro atoms. The third-order valence-corrected chi connectivity index (χ3v) is 6.78. The minimum absolute atomic E-state index is 0.0680. The van der Waals surface area contributed by atoms with Crippen molar-refractivity contribution < 1.29 is 19.3 Å². The Morgan fingerprint density at radius 3 is 2.50 bits per heavy atom. The first-order chi connectivity index (χ1) is 18.5. The predicted molar refractivity (Wildman–Crippen MR) is 141 cm³/mol. The largest absolute Gasteiger partial charge is 0.497 e. The van der Waals surface area contributed by atoms with Gasteiger partial charge in [0.1, 0.15) is 40.5 Å². The number of rotatable bonds is 7. The normalized spacial score (nSPS) is 17.4. The van der Waals surface area contributed by atoms with E-state index in [1.54, 1.807) is 13.2 Å². The van der Waals surface area contributed by atoms with Gasteiger partial charge in [0.25, 0.3) is 0 Å². The monoisotopic (exact) mass is 514 g/mol. The van der Waals surface area contributed by atoms with Gasteiger partial charge in [0.05, 0.1) is 19.6 Å². The summed E-state index contributed by atoms with van der Waals surface area (Å²) in [7, 11) is 1.61. The van der Waals surface area contributed by atoms with Gasteiger partial charge in [0, 0.05) is 50.4 Å². The maximum Gasteiger partial charge on any atom is 0.224 e. The number of ether oxygens (including phenoxy) is 3. The third kappa shape index (κ3) is 5.20. The number of nitriles is 1. The van der Waals surface area contributed by atoms with Crippen molar-refractivity contribution in [1.82, 2.24) is 14.9 Å². The van der Waals surface area contributed by atoms with Gasteiger partial charge in [-0.1, -0.05) is 18.2 Å². The van der Waals surface area contributed by atoms with Crippen molar-refractivity contribution in [3.05, 3.63) is 76.9 Å². The van der Waals surface area contributed by atoms with E-state index < -0.39 is 0 Å². The summed E-state index contributed by atoms with van der Waals surface area (Å²) in [4.78, 5) is 13.5. The Kier molecular flexibility index (Phi) is 7.31. The third-order valence-electron chi connectivity index (χ3n) is 6.78. The molecule has 10 heteroatoms. The van der Waals surface area contributed by atoms with Crippen LogP contribution in [-0.4, -0.2) is 66.4 Å². The van der Waals surface area contributed by atoms with Crippen LogP contribution >= 0.6 is 0 Å². The fourth-order valence-electron chi connectivity index (χ4n) is 4.84. The molecule has 3 aromatic rings. The van der Waals surface area contributed by atoms with E-state index in [1.807, 2.05) is 49.4 Å². The summed E-state index contributed by atoms with van der Waals surface area (Å²) in [6, 6.07) is 17.1. The van der Waals surface area contributed by atoms with Crippen LogP contribution in [-0.2, 0) is 0 Å². The number of nitrogens with two attached hydrogens (primary N) is 1. The van der Waals surface area contributed by atoms with Crippen LogP contribution in [0.2, 0.25) is 0 Å². The van der Waals surface area contributed by atoms with Crippen LogP contribution in [0.5, 0.6) is 23.1 Å². The summed E-state index contributed by atoms with van der Waals surface area (Å²) in [5, 5.41) is 19.0. The van der Waals surface area contributed by atoms with Crippen molar-refractivity contribution in [3.63, 3.8) is 0 Å². The molecule has 3 heterocycles. The predicted octanol–water partition coefficient (Wildman–Crippen LogP) is 2.92. The number of methoxy groups -OCH3 is 1.